The Hall–Kier alpha value is -1.68. The Labute approximate surface area is 113 Å². The smallest absolute Gasteiger partial charge is 0.105 e. The van der Waals surface area contributed by atoms with E-state index in [1.807, 2.05) is 50.6 Å². The SMILES string of the molecule is CCC(c1ccc(-c2cnn(C)c2)cc1)C(N)CF. The van der Waals surface area contributed by atoms with Crippen molar-refractivity contribution in [1.82, 2.24) is 9.78 Å². The average Bonchev–Trinajstić information content (AvgIpc) is 2.87. The molecule has 0 aliphatic carbocycles. The summed E-state index contributed by atoms with van der Waals surface area (Å²) < 4.78 is 14.5. The lowest BCUT2D eigenvalue weighted by Gasteiger charge is -2.20. The summed E-state index contributed by atoms with van der Waals surface area (Å²) in [5.41, 5.74) is 9.11. The molecule has 102 valence electrons. The first-order valence-corrected chi connectivity index (χ1v) is 6.56. The molecule has 2 N–H and O–H groups in total. The maximum Gasteiger partial charge on any atom is 0.105 e. The second kappa shape index (κ2) is 5.97. The van der Waals surface area contributed by atoms with Crippen LogP contribution in [-0.4, -0.2) is 22.5 Å². The fraction of sp³-hybridized carbons (Fsp3) is 0.400. The number of aryl methyl sites for hydroxylation is 1. The quantitative estimate of drug-likeness (QED) is 0.899. The Morgan fingerprint density at radius 3 is 2.42 bits per heavy atom. The average molecular weight is 261 g/mol. The lowest BCUT2D eigenvalue weighted by molar-refractivity contribution is 0.380. The fourth-order valence-electron chi connectivity index (χ4n) is 2.39. The summed E-state index contributed by atoms with van der Waals surface area (Å²) in [5.74, 6) is 0.0768. The molecule has 0 bridgehead atoms. The van der Waals surface area contributed by atoms with Gasteiger partial charge < -0.3 is 5.73 Å². The second-order valence-electron chi connectivity index (χ2n) is 4.86. The molecule has 0 amide bonds. The molecule has 0 saturated carbocycles. The largest absolute Gasteiger partial charge is 0.325 e. The molecule has 2 unspecified atom stereocenters. The van der Waals surface area contributed by atoms with E-state index in [4.69, 9.17) is 5.73 Å². The third-order valence-corrected chi connectivity index (χ3v) is 3.51. The van der Waals surface area contributed by atoms with Crippen molar-refractivity contribution in [3.8, 4) is 11.1 Å². The minimum atomic E-state index is -0.483. The van der Waals surface area contributed by atoms with E-state index >= 15 is 0 Å². The molecule has 0 saturated heterocycles. The molecular formula is C15H20FN3. The number of halogens is 1. The van der Waals surface area contributed by atoms with Gasteiger partial charge in [-0.15, -0.1) is 0 Å². The van der Waals surface area contributed by atoms with Crippen molar-refractivity contribution in [2.45, 2.75) is 25.3 Å². The molecule has 2 rings (SSSR count). The summed E-state index contributed by atoms with van der Waals surface area (Å²) in [6.07, 6.45) is 4.65. The standard InChI is InChI=1S/C15H20FN3/c1-3-14(15(17)8-16)12-6-4-11(5-7-12)13-9-18-19(2)10-13/h4-7,9-10,14-15H,3,8,17H2,1-2H3. The van der Waals surface area contributed by atoms with Crippen molar-refractivity contribution in [1.29, 1.82) is 0 Å². The summed E-state index contributed by atoms with van der Waals surface area (Å²) in [6.45, 7) is 1.55. The van der Waals surface area contributed by atoms with Gasteiger partial charge in [0, 0.05) is 30.8 Å². The molecular weight excluding hydrogens is 241 g/mol. The van der Waals surface area contributed by atoms with Crippen molar-refractivity contribution in [3.63, 3.8) is 0 Å². The van der Waals surface area contributed by atoms with Crippen LogP contribution in [0.15, 0.2) is 36.7 Å². The van der Waals surface area contributed by atoms with Crippen LogP contribution in [0.1, 0.15) is 24.8 Å². The molecule has 4 heteroatoms. The van der Waals surface area contributed by atoms with Gasteiger partial charge in [-0.1, -0.05) is 31.2 Å². The van der Waals surface area contributed by atoms with Crippen LogP contribution in [0.25, 0.3) is 11.1 Å². The second-order valence-corrected chi connectivity index (χ2v) is 4.86. The number of alkyl halides is 1. The maximum atomic E-state index is 12.7. The van der Waals surface area contributed by atoms with E-state index in [2.05, 4.69) is 5.10 Å². The number of hydrogen-bond donors (Lipinski definition) is 1. The monoisotopic (exact) mass is 261 g/mol. The Bertz CT molecular complexity index is 518. The summed E-state index contributed by atoms with van der Waals surface area (Å²) >= 11 is 0. The number of hydrogen-bond acceptors (Lipinski definition) is 2. The zero-order chi connectivity index (χ0) is 13.8. The van der Waals surface area contributed by atoms with Crippen LogP contribution in [-0.2, 0) is 7.05 Å². The van der Waals surface area contributed by atoms with Gasteiger partial charge in [-0.05, 0) is 17.5 Å². The Morgan fingerprint density at radius 1 is 1.26 bits per heavy atom. The van der Waals surface area contributed by atoms with Crippen LogP contribution in [0.5, 0.6) is 0 Å². The lowest BCUT2D eigenvalue weighted by atomic mass is 9.89. The van der Waals surface area contributed by atoms with E-state index < -0.39 is 12.7 Å². The van der Waals surface area contributed by atoms with E-state index in [9.17, 15) is 4.39 Å². The minimum absolute atomic E-state index is 0.0768. The first kappa shape index (κ1) is 13.7. The van der Waals surface area contributed by atoms with Gasteiger partial charge in [-0.3, -0.25) is 4.68 Å². The van der Waals surface area contributed by atoms with E-state index in [0.29, 0.717) is 0 Å². The molecule has 0 aliphatic heterocycles. The maximum absolute atomic E-state index is 12.7. The first-order valence-electron chi connectivity index (χ1n) is 6.56. The van der Waals surface area contributed by atoms with Crippen LogP contribution < -0.4 is 5.73 Å². The van der Waals surface area contributed by atoms with Crippen LogP contribution >= 0.6 is 0 Å². The highest BCUT2D eigenvalue weighted by atomic mass is 19.1. The van der Waals surface area contributed by atoms with Gasteiger partial charge in [0.1, 0.15) is 6.67 Å². The third kappa shape index (κ3) is 3.01. The summed E-state index contributed by atoms with van der Waals surface area (Å²) in [7, 11) is 1.89. The van der Waals surface area contributed by atoms with Crippen molar-refractivity contribution in [2.24, 2.45) is 12.8 Å². The summed E-state index contributed by atoms with van der Waals surface area (Å²) in [6, 6.07) is 7.73. The van der Waals surface area contributed by atoms with Gasteiger partial charge in [-0.2, -0.15) is 5.10 Å². The van der Waals surface area contributed by atoms with Crippen molar-refractivity contribution >= 4 is 0 Å². The zero-order valence-electron chi connectivity index (χ0n) is 11.4. The fourth-order valence-corrected chi connectivity index (χ4v) is 2.39. The Morgan fingerprint density at radius 2 is 1.95 bits per heavy atom. The third-order valence-electron chi connectivity index (χ3n) is 3.51. The highest BCUT2D eigenvalue weighted by Crippen LogP contribution is 2.26. The molecule has 1 aromatic carbocycles. The van der Waals surface area contributed by atoms with Crippen molar-refractivity contribution < 1.29 is 4.39 Å². The molecule has 0 aliphatic rings. The van der Waals surface area contributed by atoms with Gasteiger partial charge in [0.05, 0.1) is 6.20 Å². The molecule has 0 radical (unpaired) electrons. The summed E-state index contributed by atoms with van der Waals surface area (Å²) in [5, 5.41) is 4.16. The number of rotatable bonds is 5. The molecule has 3 nitrogen and oxygen atoms in total. The Balaban J connectivity index is 2.22. The topological polar surface area (TPSA) is 43.8 Å². The van der Waals surface area contributed by atoms with E-state index in [-0.39, 0.29) is 5.92 Å². The lowest BCUT2D eigenvalue weighted by Crippen LogP contribution is -2.30. The van der Waals surface area contributed by atoms with E-state index in [0.717, 1.165) is 23.1 Å². The predicted molar refractivity (Wildman–Crippen MR) is 75.6 cm³/mol. The van der Waals surface area contributed by atoms with E-state index in [1.54, 1.807) is 4.68 Å². The van der Waals surface area contributed by atoms with Gasteiger partial charge in [0.15, 0.2) is 0 Å². The van der Waals surface area contributed by atoms with Crippen molar-refractivity contribution in [2.75, 3.05) is 6.67 Å². The number of nitrogens with two attached hydrogens (primary N) is 1. The predicted octanol–water partition coefficient (Wildman–Crippen LogP) is 2.88. The molecule has 0 fully saturated rings. The van der Waals surface area contributed by atoms with Crippen LogP contribution in [0, 0.1) is 0 Å². The van der Waals surface area contributed by atoms with Gasteiger partial charge in [-0.25, -0.2) is 4.39 Å². The van der Waals surface area contributed by atoms with Crippen LogP contribution in [0.4, 0.5) is 4.39 Å². The molecule has 1 heterocycles. The molecule has 1 aromatic heterocycles. The normalized spacial score (nSPS) is 14.3. The van der Waals surface area contributed by atoms with Crippen LogP contribution in [0.3, 0.4) is 0 Å². The molecule has 0 spiro atoms. The number of aromatic nitrogens is 2. The van der Waals surface area contributed by atoms with Crippen LogP contribution in [0.2, 0.25) is 0 Å². The minimum Gasteiger partial charge on any atom is -0.325 e. The highest BCUT2D eigenvalue weighted by molar-refractivity contribution is 5.62. The molecule has 2 aromatic rings. The van der Waals surface area contributed by atoms with Gasteiger partial charge in [0.25, 0.3) is 0 Å². The zero-order valence-corrected chi connectivity index (χ0v) is 11.4. The van der Waals surface area contributed by atoms with Crippen molar-refractivity contribution in [3.05, 3.63) is 42.2 Å². The van der Waals surface area contributed by atoms with Gasteiger partial charge >= 0.3 is 0 Å². The molecule has 2 atom stereocenters. The first-order chi connectivity index (χ1) is 9.15. The van der Waals surface area contributed by atoms with E-state index in [1.165, 1.54) is 0 Å². The number of nitrogens with zero attached hydrogens (tertiary/aromatic N) is 2. The van der Waals surface area contributed by atoms with Gasteiger partial charge in [0.2, 0.25) is 0 Å². The summed E-state index contributed by atoms with van der Waals surface area (Å²) in [4.78, 5) is 0. The number of benzene rings is 1. The molecule has 19 heavy (non-hydrogen) atoms. The Kier molecular flexibility index (Phi) is 4.32. The highest BCUT2D eigenvalue weighted by Gasteiger charge is 2.17.